The van der Waals surface area contributed by atoms with Gasteiger partial charge in [-0.3, -0.25) is 9.59 Å². The summed E-state index contributed by atoms with van der Waals surface area (Å²) in [6.07, 6.45) is 3.59. The number of amides is 1. The van der Waals surface area contributed by atoms with Gasteiger partial charge in [0.1, 0.15) is 5.69 Å². The summed E-state index contributed by atoms with van der Waals surface area (Å²) in [4.78, 5) is 25.0. The number of pyridine rings is 1. The summed E-state index contributed by atoms with van der Waals surface area (Å²) in [5.41, 5.74) is 1.87. The molecule has 28 heavy (non-hydrogen) atoms. The molecular formula is C21H21Br2N2O3+. The van der Waals surface area contributed by atoms with Gasteiger partial charge in [-0.15, -0.1) is 17.0 Å². The van der Waals surface area contributed by atoms with Gasteiger partial charge in [0.05, 0.1) is 0 Å². The van der Waals surface area contributed by atoms with Crippen LogP contribution in [0.1, 0.15) is 33.7 Å². The average molecular weight is 509 g/mol. The van der Waals surface area contributed by atoms with Gasteiger partial charge in [-0.25, -0.2) is 0 Å². The number of ketones is 1. The number of hydrogen-bond acceptors (Lipinski definition) is 2. The van der Waals surface area contributed by atoms with Crippen LogP contribution in [0.2, 0.25) is 0 Å². The molecule has 2 aromatic carbocycles. The van der Waals surface area contributed by atoms with E-state index >= 15 is 0 Å². The first kappa shape index (κ1) is 23.7. The van der Waals surface area contributed by atoms with Gasteiger partial charge in [0.2, 0.25) is 11.8 Å². The Morgan fingerprint density at radius 2 is 1.57 bits per heavy atom. The van der Waals surface area contributed by atoms with Crippen molar-refractivity contribution in [3.8, 4) is 0 Å². The quantitative estimate of drug-likeness (QED) is 0.414. The normalized spacial score (nSPS) is 10.8. The Labute approximate surface area is 182 Å². The molecule has 0 saturated carbocycles. The zero-order valence-corrected chi connectivity index (χ0v) is 18.4. The number of aromatic nitrogens is 1. The van der Waals surface area contributed by atoms with Gasteiger partial charge in [0.15, 0.2) is 12.4 Å². The van der Waals surface area contributed by atoms with Gasteiger partial charge >= 0.3 is 0 Å². The van der Waals surface area contributed by atoms with Crippen molar-refractivity contribution in [3.05, 3.63) is 94.7 Å². The summed E-state index contributed by atoms with van der Waals surface area (Å²) in [6.45, 7) is 1.84. The van der Waals surface area contributed by atoms with Crippen LogP contribution in [0.25, 0.3) is 0 Å². The number of nitrogens with zero attached hydrogens (tertiary/aromatic N) is 1. The number of anilines is 1. The molecule has 1 aromatic heterocycles. The van der Waals surface area contributed by atoms with Crippen LogP contribution < -0.4 is 9.88 Å². The molecule has 0 aliphatic rings. The van der Waals surface area contributed by atoms with Crippen molar-refractivity contribution in [2.24, 2.45) is 0 Å². The molecule has 0 aliphatic carbocycles. The van der Waals surface area contributed by atoms with Crippen LogP contribution in [0, 0.1) is 0 Å². The van der Waals surface area contributed by atoms with Crippen molar-refractivity contribution in [3.63, 3.8) is 0 Å². The van der Waals surface area contributed by atoms with Gasteiger partial charge in [-0.05, 0) is 30.3 Å². The minimum Gasteiger partial charge on any atom is -0.412 e. The van der Waals surface area contributed by atoms with E-state index < -0.39 is 0 Å². The van der Waals surface area contributed by atoms with Gasteiger partial charge < -0.3 is 10.8 Å². The molecule has 3 rings (SSSR count). The van der Waals surface area contributed by atoms with Crippen molar-refractivity contribution in [2.75, 3.05) is 5.32 Å². The SMILES string of the molecule is Br.CC(C(=O)c1ccc(Br)cc1)[n+]1cccc(NC(=O)c2ccccc2)c1.O. The second-order valence-electron chi connectivity index (χ2n) is 5.91. The summed E-state index contributed by atoms with van der Waals surface area (Å²) in [6, 6.07) is 19.5. The topological polar surface area (TPSA) is 81.5 Å². The van der Waals surface area contributed by atoms with Crippen LogP contribution in [0.5, 0.6) is 0 Å². The highest BCUT2D eigenvalue weighted by Gasteiger charge is 2.23. The van der Waals surface area contributed by atoms with Crippen molar-refractivity contribution < 1.29 is 19.6 Å². The summed E-state index contributed by atoms with van der Waals surface area (Å²) >= 11 is 3.37. The molecule has 1 atom stereocenters. The fourth-order valence-electron chi connectivity index (χ4n) is 2.59. The highest BCUT2D eigenvalue weighted by atomic mass is 79.9. The van der Waals surface area contributed by atoms with E-state index in [0.717, 1.165) is 4.47 Å². The second kappa shape index (κ2) is 10.8. The molecule has 146 valence electrons. The summed E-state index contributed by atoms with van der Waals surface area (Å²) < 4.78 is 2.73. The highest BCUT2D eigenvalue weighted by Crippen LogP contribution is 2.15. The summed E-state index contributed by atoms with van der Waals surface area (Å²) in [5.74, 6) is -0.177. The molecule has 5 nitrogen and oxygen atoms in total. The number of hydrogen-bond donors (Lipinski definition) is 1. The third-order valence-electron chi connectivity index (χ3n) is 4.07. The summed E-state index contributed by atoms with van der Waals surface area (Å²) in [5, 5.41) is 2.86. The van der Waals surface area contributed by atoms with E-state index in [1.807, 2.05) is 49.5 Å². The fourth-order valence-corrected chi connectivity index (χ4v) is 2.86. The number of nitrogens with one attached hydrogen (secondary N) is 1. The van der Waals surface area contributed by atoms with Crippen LogP contribution in [-0.2, 0) is 0 Å². The first-order valence-corrected chi connectivity index (χ1v) is 9.01. The highest BCUT2D eigenvalue weighted by molar-refractivity contribution is 9.10. The van der Waals surface area contributed by atoms with E-state index in [1.54, 1.807) is 41.1 Å². The van der Waals surface area contributed by atoms with Crippen molar-refractivity contribution in [1.82, 2.24) is 0 Å². The molecule has 1 heterocycles. The Morgan fingerprint density at radius 1 is 0.929 bits per heavy atom. The number of Topliss-reactive ketones (excluding diaryl/α,β-unsaturated/α-hetero) is 1. The standard InChI is InChI=1S/C21H17BrN2O2.BrH.H2O/c1-15(20(25)16-9-11-18(22)12-10-16)24-13-5-8-19(14-24)23-21(26)17-6-3-2-4-7-17;;/h2-15H,1H3;1H;1H2/p+1. The molecule has 1 unspecified atom stereocenters. The molecule has 7 heteroatoms. The Hall–Kier alpha value is -2.35. The Morgan fingerprint density at radius 3 is 2.21 bits per heavy atom. The molecule has 1 amide bonds. The van der Waals surface area contributed by atoms with Crippen molar-refractivity contribution in [2.45, 2.75) is 13.0 Å². The zero-order valence-electron chi connectivity index (χ0n) is 15.1. The number of carbonyl (C=O) groups is 2. The summed E-state index contributed by atoms with van der Waals surface area (Å²) in [7, 11) is 0. The van der Waals surface area contributed by atoms with Crippen LogP contribution in [0.3, 0.4) is 0 Å². The maximum absolute atomic E-state index is 12.7. The Kier molecular flexibility index (Phi) is 9.18. The molecule has 3 N–H and O–H groups in total. The molecule has 0 spiro atoms. The molecule has 0 aliphatic heterocycles. The maximum atomic E-state index is 12.7. The largest absolute Gasteiger partial charge is 0.412 e. The first-order chi connectivity index (χ1) is 12.5. The third kappa shape index (κ3) is 5.82. The van der Waals surface area contributed by atoms with Crippen LogP contribution in [0.15, 0.2) is 83.6 Å². The number of benzene rings is 2. The molecule has 3 aromatic rings. The number of halogens is 2. The van der Waals surface area contributed by atoms with E-state index in [-0.39, 0.29) is 40.2 Å². The predicted molar refractivity (Wildman–Crippen MR) is 118 cm³/mol. The Balaban J connectivity index is 0.00000196. The second-order valence-corrected chi connectivity index (χ2v) is 6.82. The average Bonchev–Trinajstić information content (AvgIpc) is 2.68. The van der Waals surface area contributed by atoms with Crippen molar-refractivity contribution in [1.29, 1.82) is 0 Å². The minimum absolute atomic E-state index is 0. The van der Waals surface area contributed by atoms with E-state index in [2.05, 4.69) is 21.2 Å². The zero-order chi connectivity index (χ0) is 18.5. The third-order valence-corrected chi connectivity index (χ3v) is 4.60. The van der Waals surface area contributed by atoms with Gasteiger partial charge in [0, 0.05) is 28.6 Å². The van der Waals surface area contributed by atoms with Gasteiger partial charge in [-0.2, -0.15) is 4.57 Å². The van der Waals surface area contributed by atoms with E-state index in [1.165, 1.54) is 0 Å². The van der Waals surface area contributed by atoms with Gasteiger partial charge in [-0.1, -0.05) is 46.3 Å². The van der Waals surface area contributed by atoms with Crippen molar-refractivity contribution >= 4 is 50.3 Å². The fraction of sp³-hybridized carbons (Fsp3) is 0.0952. The van der Waals surface area contributed by atoms with E-state index in [9.17, 15) is 9.59 Å². The maximum Gasteiger partial charge on any atom is 0.255 e. The molecule has 0 bridgehead atoms. The van der Waals surface area contributed by atoms with E-state index in [4.69, 9.17) is 0 Å². The lowest BCUT2D eigenvalue weighted by Gasteiger charge is -2.09. The molecule has 0 fully saturated rings. The molecule has 0 saturated heterocycles. The minimum atomic E-state index is -0.384. The smallest absolute Gasteiger partial charge is 0.255 e. The van der Waals surface area contributed by atoms with Crippen LogP contribution in [0.4, 0.5) is 5.69 Å². The molecule has 0 radical (unpaired) electrons. The monoisotopic (exact) mass is 507 g/mol. The van der Waals surface area contributed by atoms with Gasteiger partial charge in [0.25, 0.3) is 5.91 Å². The predicted octanol–water partition coefficient (Wildman–Crippen LogP) is 4.19. The van der Waals surface area contributed by atoms with Crippen LogP contribution >= 0.6 is 32.9 Å². The lowest BCUT2D eigenvalue weighted by atomic mass is 10.1. The Bertz CT molecular complexity index is 932. The van der Waals surface area contributed by atoms with Crippen LogP contribution in [-0.4, -0.2) is 17.2 Å². The lowest BCUT2D eigenvalue weighted by molar-refractivity contribution is -0.704. The molecular weight excluding hydrogens is 488 g/mol. The number of rotatable bonds is 5. The number of carbonyl (C=O) groups excluding carboxylic acids is 2. The lowest BCUT2D eigenvalue weighted by Crippen LogP contribution is -2.42. The van der Waals surface area contributed by atoms with E-state index in [0.29, 0.717) is 16.8 Å². The first-order valence-electron chi connectivity index (χ1n) is 8.21.